The van der Waals surface area contributed by atoms with Crippen LogP contribution in [-0.4, -0.2) is 25.1 Å². The van der Waals surface area contributed by atoms with Gasteiger partial charge in [0.1, 0.15) is 0 Å². The number of carboxylic acid groups (broad SMARTS) is 1. The Kier molecular flexibility index (Phi) is 2.92. The molecule has 1 unspecified atom stereocenters. The molecule has 0 aromatic rings. The molecule has 1 rings (SSSR count). The van der Waals surface area contributed by atoms with Crippen molar-refractivity contribution in [3.05, 3.63) is 34.0 Å². The topological polar surface area (TPSA) is 97.5 Å². The van der Waals surface area contributed by atoms with E-state index in [-0.39, 0.29) is 16.1 Å². The lowest BCUT2D eigenvalue weighted by Crippen LogP contribution is -2.22. The van der Waals surface area contributed by atoms with Crippen LogP contribution in [0.25, 0.3) is 0 Å². The van der Waals surface area contributed by atoms with Crippen molar-refractivity contribution in [3.63, 3.8) is 0 Å². The molecule has 74 valence electrons. The van der Waals surface area contributed by atoms with Gasteiger partial charge in [-0.3, -0.25) is 14.9 Å². The fourth-order valence-electron chi connectivity index (χ4n) is 1.00. The Morgan fingerprint density at radius 3 is 2.71 bits per heavy atom. The van der Waals surface area contributed by atoms with Crippen molar-refractivity contribution in [2.24, 2.45) is 5.92 Å². The molecule has 1 aliphatic rings. The Morgan fingerprint density at radius 2 is 2.29 bits per heavy atom. The van der Waals surface area contributed by atoms with Crippen LogP contribution in [0.3, 0.4) is 0 Å². The van der Waals surface area contributed by atoms with Gasteiger partial charge in [-0.25, -0.2) is 4.21 Å². The van der Waals surface area contributed by atoms with Crippen LogP contribution >= 0.6 is 0 Å². The van der Waals surface area contributed by atoms with Crippen molar-refractivity contribution in [3.8, 4) is 0 Å². The van der Waals surface area contributed by atoms with E-state index in [2.05, 4.69) is 0 Å². The number of hydrogen-bond donors (Lipinski definition) is 1. The second-order valence-corrected chi connectivity index (χ2v) is 3.13. The SMILES string of the molecule is O=S=C1C=CC(C(=O)O)C([N+](=O)[O-])=C1. The highest BCUT2D eigenvalue weighted by molar-refractivity contribution is 7.67. The van der Waals surface area contributed by atoms with E-state index in [9.17, 15) is 19.1 Å². The second-order valence-electron chi connectivity index (χ2n) is 2.49. The predicted octanol–water partition coefficient (Wildman–Crippen LogP) is -0.197. The standard InChI is InChI=1S/C7H5NO5S/c9-7(10)5-2-1-4(14-13)3-6(5)8(11)12/h1-3,5H,(H,9,10). The molecule has 0 aromatic carbocycles. The normalized spacial score (nSPS) is 20.1. The maximum Gasteiger partial charge on any atom is 0.321 e. The van der Waals surface area contributed by atoms with Gasteiger partial charge >= 0.3 is 5.97 Å². The molecule has 14 heavy (non-hydrogen) atoms. The van der Waals surface area contributed by atoms with E-state index in [0.29, 0.717) is 0 Å². The summed E-state index contributed by atoms with van der Waals surface area (Å²) in [5.41, 5.74) is -0.488. The molecule has 0 aliphatic heterocycles. The Balaban J connectivity index is 3.16. The Hall–Kier alpha value is -1.76. The fraction of sp³-hybridized carbons (Fsp3) is 0.143. The summed E-state index contributed by atoms with van der Waals surface area (Å²) in [6, 6.07) is 0. The lowest BCUT2D eigenvalue weighted by molar-refractivity contribution is -0.430. The van der Waals surface area contributed by atoms with Gasteiger partial charge < -0.3 is 5.11 Å². The molecule has 0 amide bonds. The minimum absolute atomic E-state index is 0.0867. The summed E-state index contributed by atoms with van der Waals surface area (Å²) in [6.45, 7) is 0. The molecule has 1 atom stereocenters. The third kappa shape index (κ3) is 1.94. The highest BCUT2D eigenvalue weighted by Crippen LogP contribution is 2.18. The van der Waals surface area contributed by atoms with Gasteiger partial charge in [-0.15, -0.1) is 0 Å². The smallest absolute Gasteiger partial charge is 0.321 e. The predicted molar refractivity (Wildman–Crippen MR) is 48.5 cm³/mol. The summed E-state index contributed by atoms with van der Waals surface area (Å²) < 4.78 is 10.3. The third-order valence-corrected chi connectivity index (χ3v) is 2.08. The quantitative estimate of drug-likeness (QED) is 0.391. The molecule has 0 spiro atoms. The summed E-state index contributed by atoms with van der Waals surface area (Å²) in [5.74, 6) is -2.58. The fourth-order valence-corrected chi connectivity index (χ4v) is 1.30. The zero-order valence-electron chi connectivity index (χ0n) is 6.75. The number of nitro groups is 1. The number of rotatable bonds is 2. The number of carbonyl (C=O) groups is 1. The molecule has 0 bridgehead atoms. The van der Waals surface area contributed by atoms with Gasteiger partial charge in [0.15, 0.2) is 5.92 Å². The van der Waals surface area contributed by atoms with Gasteiger partial charge in [0.05, 0.1) is 21.0 Å². The van der Waals surface area contributed by atoms with Crippen LogP contribution in [0.4, 0.5) is 0 Å². The van der Waals surface area contributed by atoms with Gasteiger partial charge in [-0.05, 0) is 6.08 Å². The highest BCUT2D eigenvalue weighted by atomic mass is 32.1. The lowest BCUT2D eigenvalue weighted by atomic mass is 10.00. The zero-order valence-corrected chi connectivity index (χ0v) is 7.56. The summed E-state index contributed by atoms with van der Waals surface area (Å²) >= 11 is 0.0867. The van der Waals surface area contributed by atoms with Crippen LogP contribution in [0, 0.1) is 16.0 Å². The van der Waals surface area contributed by atoms with Crippen LogP contribution in [0.2, 0.25) is 0 Å². The third-order valence-electron chi connectivity index (χ3n) is 1.63. The molecule has 0 aromatic heterocycles. The van der Waals surface area contributed by atoms with Gasteiger partial charge in [0.25, 0.3) is 5.70 Å². The lowest BCUT2D eigenvalue weighted by Gasteiger charge is -2.07. The minimum atomic E-state index is -1.31. The van der Waals surface area contributed by atoms with Gasteiger partial charge in [0.2, 0.25) is 0 Å². The first-order valence-corrected chi connectivity index (χ1v) is 4.24. The number of allylic oxidation sites excluding steroid dienone is 2. The van der Waals surface area contributed by atoms with Crippen molar-refractivity contribution in [1.82, 2.24) is 0 Å². The van der Waals surface area contributed by atoms with Crippen LogP contribution in [0.1, 0.15) is 0 Å². The van der Waals surface area contributed by atoms with E-state index in [1.54, 1.807) is 0 Å². The summed E-state index contributed by atoms with van der Waals surface area (Å²) in [5, 5.41) is 19.1. The van der Waals surface area contributed by atoms with Crippen molar-refractivity contribution in [2.45, 2.75) is 0 Å². The molecule has 0 radical (unpaired) electrons. The van der Waals surface area contributed by atoms with Gasteiger partial charge in [0, 0.05) is 6.08 Å². The molecule has 0 fully saturated rings. The number of nitrogens with zero attached hydrogens (tertiary/aromatic N) is 1. The molecular formula is C7H5NO5S. The first-order valence-electron chi connectivity index (χ1n) is 3.50. The molecule has 0 saturated carbocycles. The van der Waals surface area contributed by atoms with Crippen molar-refractivity contribution < 1.29 is 19.0 Å². The first kappa shape index (κ1) is 10.3. The number of aliphatic carboxylic acids is 1. The Morgan fingerprint density at radius 1 is 1.64 bits per heavy atom. The number of carboxylic acids is 1. The molecule has 0 saturated heterocycles. The highest BCUT2D eigenvalue weighted by Gasteiger charge is 2.31. The first-order chi connectivity index (χ1) is 6.56. The number of hydrogen-bond acceptors (Lipinski definition) is 4. The van der Waals surface area contributed by atoms with E-state index >= 15 is 0 Å². The van der Waals surface area contributed by atoms with E-state index < -0.39 is 22.5 Å². The molecular weight excluding hydrogens is 210 g/mol. The Labute approximate surface area is 81.8 Å². The van der Waals surface area contributed by atoms with Crippen LogP contribution in [-0.2, 0) is 16.1 Å². The molecule has 1 aliphatic carbocycles. The average Bonchev–Trinajstić information content (AvgIpc) is 2.16. The van der Waals surface area contributed by atoms with Crippen LogP contribution < -0.4 is 0 Å². The minimum Gasteiger partial charge on any atom is -0.480 e. The maximum absolute atomic E-state index is 10.6. The molecule has 0 heterocycles. The van der Waals surface area contributed by atoms with Crippen molar-refractivity contribution in [1.29, 1.82) is 0 Å². The van der Waals surface area contributed by atoms with E-state index in [0.717, 1.165) is 12.2 Å². The van der Waals surface area contributed by atoms with Gasteiger partial charge in [-0.2, -0.15) is 0 Å². The summed E-state index contributed by atoms with van der Waals surface area (Å²) in [4.78, 5) is 20.4. The van der Waals surface area contributed by atoms with Crippen LogP contribution in [0.5, 0.6) is 0 Å². The molecule has 7 heteroatoms. The zero-order chi connectivity index (χ0) is 10.7. The average molecular weight is 215 g/mol. The summed E-state index contributed by atoms with van der Waals surface area (Å²) in [6.07, 6.45) is 3.38. The van der Waals surface area contributed by atoms with E-state index in [4.69, 9.17) is 5.11 Å². The van der Waals surface area contributed by atoms with Crippen LogP contribution in [0.15, 0.2) is 23.9 Å². The molecule has 1 N–H and O–H groups in total. The molecule has 6 nitrogen and oxygen atoms in total. The van der Waals surface area contributed by atoms with E-state index in [1.807, 2.05) is 0 Å². The monoisotopic (exact) mass is 215 g/mol. The van der Waals surface area contributed by atoms with Crippen molar-refractivity contribution >= 4 is 22.1 Å². The van der Waals surface area contributed by atoms with Gasteiger partial charge in [-0.1, -0.05) is 6.08 Å². The second kappa shape index (κ2) is 3.97. The van der Waals surface area contributed by atoms with Crippen molar-refractivity contribution in [2.75, 3.05) is 0 Å². The largest absolute Gasteiger partial charge is 0.480 e. The Bertz CT molecular complexity index is 404. The maximum atomic E-state index is 10.6. The summed E-state index contributed by atoms with van der Waals surface area (Å²) in [7, 11) is 0. The van der Waals surface area contributed by atoms with E-state index in [1.165, 1.54) is 6.08 Å².